The van der Waals surface area contributed by atoms with E-state index in [4.69, 9.17) is 4.74 Å². The molecule has 7 nitrogen and oxygen atoms in total. The molecule has 1 saturated carbocycles. The molecular formula is C23H24N2O5. The van der Waals surface area contributed by atoms with Gasteiger partial charge < -0.3 is 20.1 Å². The van der Waals surface area contributed by atoms with E-state index in [0.717, 1.165) is 28.7 Å². The highest BCUT2D eigenvalue weighted by atomic mass is 16.5. The summed E-state index contributed by atoms with van der Waals surface area (Å²) in [6.07, 6.45) is 0.922. The number of likely N-dealkylation sites (N-methyl/N-ethyl adjacent to an activating group) is 1. The van der Waals surface area contributed by atoms with Gasteiger partial charge in [0.15, 0.2) is 0 Å². The van der Waals surface area contributed by atoms with E-state index in [-0.39, 0.29) is 19.1 Å². The van der Waals surface area contributed by atoms with Crippen LogP contribution in [0, 0.1) is 0 Å². The second-order valence-corrected chi connectivity index (χ2v) is 7.82. The predicted molar refractivity (Wildman–Crippen MR) is 110 cm³/mol. The van der Waals surface area contributed by atoms with Crippen LogP contribution in [0.1, 0.15) is 36.3 Å². The number of hydrogen-bond donors (Lipinski definition) is 2. The molecular weight excluding hydrogens is 384 g/mol. The number of benzene rings is 2. The Morgan fingerprint density at radius 3 is 2.13 bits per heavy atom. The minimum Gasteiger partial charge on any atom is -0.479 e. The molecule has 2 aromatic rings. The quantitative estimate of drug-likeness (QED) is 0.766. The van der Waals surface area contributed by atoms with Gasteiger partial charge in [-0.25, -0.2) is 9.59 Å². The van der Waals surface area contributed by atoms with Gasteiger partial charge in [0, 0.05) is 13.0 Å². The molecule has 2 aliphatic carbocycles. The lowest BCUT2D eigenvalue weighted by molar-refractivity contribution is -0.163. The van der Waals surface area contributed by atoms with Crippen molar-refractivity contribution in [3.8, 4) is 11.1 Å². The molecule has 2 amide bonds. The molecule has 2 aliphatic rings. The second kappa shape index (κ2) is 7.82. The molecule has 2 aromatic carbocycles. The van der Waals surface area contributed by atoms with Crippen molar-refractivity contribution >= 4 is 18.0 Å². The van der Waals surface area contributed by atoms with E-state index in [9.17, 15) is 19.5 Å². The van der Waals surface area contributed by atoms with Crippen LogP contribution in [0.3, 0.4) is 0 Å². The fourth-order valence-corrected chi connectivity index (χ4v) is 4.36. The van der Waals surface area contributed by atoms with Gasteiger partial charge in [0.2, 0.25) is 5.91 Å². The molecule has 0 aliphatic heterocycles. The Morgan fingerprint density at radius 2 is 1.63 bits per heavy atom. The van der Waals surface area contributed by atoms with E-state index in [1.165, 1.54) is 11.9 Å². The monoisotopic (exact) mass is 408 g/mol. The van der Waals surface area contributed by atoms with Gasteiger partial charge in [-0.3, -0.25) is 4.79 Å². The second-order valence-electron chi connectivity index (χ2n) is 7.82. The zero-order chi connectivity index (χ0) is 21.3. The Kier molecular flexibility index (Phi) is 5.20. The number of nitrogens with one attached hydrogen (secondary N) is 1. The number of rotatable bonds is 6. The van der Waals surface area contributed by atoms with Crippen LogP contribution in [0.2, 0.25) is 0 Å². The minimum atomic E-state index is -1.15. The van der Waals surface area contributed by atoms with Crippen LogP contribution in [0.15, 0.2) is 48.5 Å². The molecule has 30 heavy (non-hydrogen) atoms. The van der Waals surface area contributed by atoms with Crippen LogP contribution >= 0.6 is 0 Å². The van der Waals surface area contributed by atoms with E-state index in [1.54, 1.807) is 0 Å². The molecule has 0 unspecified atom stereocenters. The fourth-order valence-electron chi connectivity index (χ4n) is 4.36. The van der Waals surface area contributed by atoms with Gasteiger partial charge >= 0.3 is 12.1 Å². The van der Waals surface area contributed by atoms with Crippen molar-refractivity contribution in [2.24, 2.45) is 0 Å². The average molecular weight is 408 g/mol. The Morgan fingerprint density at radius 1 is 1.07 bits per heavy atom. The number of carboxylic acid groups (broad SMARTS) is 1. The van der Waals surface area contributed by atoms with Crippen molar-refractivity contribution in [1.82, 2.24) is 10.2 Å². The fraction of sp³-hybridized carbons (Fsp3) is 0.348. The number of fused-ring (bicyclic) bond motifs is 3. The highest BCUT2D eigenvalue weighted by molar-refractivity contribution is 5.89. The molecule has 0 heterocycles. The molecule has 2 N–H and O–H groups in total. The number of amides is 2. The lowest BCUT2D eigenvalue weighted by atomic mass is 9.75. The molecule has 4 rings (SSSR count). The first-order chi connectivity index (χ1) is 14.4. The Bertz CT molecular complexity index is 953. The summed E-state index contributed by atoms with van der Waals surface area (Å²) in [5.74, 6) is -1.52. The van der Waals surface area contributed by atoms with Crippen LogP contribution in [-0.4, -0.2) is 53.7 Å². The smallest absolute Gasteiger partial charge is 0.407 e. The van der Waals surface area contributed by atoms with E-state index in [1.807, 2.05) is 36.4 Å². The predicted octanol–water partition coefficient (Wildman–Crippen LogP) is 2.99. The third kappa shape index (κ3) is 3.30. The van der Waals surface area contributed by atoms with Crippen molar-refractivity contribution in [2.45, 2.75) is 30.7 Å². The SMILES string of the molecule is CN(C(=O)CNC(=O)OCC1c2ccccc2-c2ccccc21)C1(C(=O)O)CCC1. The zero-order valence-corrected chi connectivity index (χ0v) is 16.8. The largest absolute Gasteiger partial charge is 0.479 e. The van der Waals surface area contributed by atoms with Crippen LogP contribution in [0.5, 0.6) is 0 Å². The van der Waals surface area contributed by atoms with Gasteiger partial charge in [0.1, 0.15) is 18.7 Å². The summed E-state index contributed by atoms with van der Waals surface area (Å²) in [7, 11) is 1.47. The topological polar surface area (TPSA) is 95.9 Å². The summed E-state index contributed by atoms with van der Waals surface area (Å²) in [5, 5.41) is 11.9. The Balaban J connectivity index is 1.35. The van der Waals surface area contributed by atoms with Gasteiger partial charge in [-0.2, -0.15) is 0 Å². The lowest BCUT2D eigenvalue weighted by Gasteiger charge is -2.44. The minimum absolute atomic E-state index is 0.0632. The molecule has 156 valence electrons. The third-order valence-corrected chi connectivity index (χ3v) is 6.32. The van der Waals surface area contributed by atoms with E-state index in [2.05, 4.69) is 17.4 Å². The maximum atomic E-state index is 12.4. The van der Waals surface area contributed by atoms with Crippen molar-refractivity contribution in [3.05, 3.63) is 59.7 Å². The normalized spacial score (nSPS) is 16.0. The first kappa shape index (κ1) is 19.9. The standard InChI is InChI=1S/C23H24N2O5/c1-25(23(21(27)28)11-6-12-23)20(26)13-24-22(29)30-14-19-17-9-4-2-7-15(17)16-8-3-5-10-18(16)19/h2-5,7-10,19H,6,11-14H2,1H3,(H,24,29)(H,27,28). The first-order valence-corrected chi connectivity index (χ1v) is 10.0. The summed E-state index contributed by atoms with van der Waals surface area (Å²) in [5.41, 5.74) is 3.34. The Labute approximate surface area is 174 Å². The molecule has 7 heteroatoms. The average Bonchev–Trinajstić information content (AvgIpc) is 3.03. The molecule has 1 fully saturated rings. The Hall–Kier alpha value is -3.35. The number of carbonyl (C=O) groups is 3. The number of hydrogen-bond acceptors (Lipinski definition) is 4. The number of alkyl carbamates (subject to hydrolysis) is 1. The highest BCUT2D eigenvalue weighted by Gasteiger charge is 2.49. The number of aliphatic carboxylic acids is 1. The maximum Gasteiger partial charge on any atom is 0.407 e. The van der Waals surface area contributed by atoms with E-state index in [0.29, 0.717) is 12.8 Å². The van der Waals surface area contributed by atoms with Crippen molar-refractivity contribution in [3.63, 3.8) is 0 Å². The zero-order valence-electron chi connectivity index (χ0n) is 16.8. The molecule has 0 aromatic heterocycles. The van der Waals surface area contributed by atoms with Crippen LogP contribution in [0.25, 0.3) is 11.1 Å². The highest BCUT2D eigenvalue weighted by Crippen LogP contribution is 2.44. The van der Waals surface area contributed by atoms with Crippen molar-refractivity contribution in [2.75, 3.05) is 20.2 Å². The third-order valence-electron chi connectivity index (χ3n) is 6.32. The van der Waals surface area contributed by atoms with E-state index < -0.39 is 23.5 Å². The van der Waals surface area contributed by atoms with Gasteiger partial charge in [-0.05, 0) is 41.5 Å². The first-order valence-electron chi connectivity index (χ1n) is 10.0. The summed E-state index contributed by atoms with van der Waals surface area (Å²) in [6, 6.07) is 16.1. The summed E-state index contributed by atoms with van der Waals surface area (Å²) in [4.78, 5) is 37.3. The summed E-state index contributed by atoms with van der Waals surface area (Å²) >= 11 is 0. The molecule has 0 spiro atoms. The lowest BCUT2D eigenvalue weighted by Crippen LogP contribution is -2.61. The van der Waals surface area contributed by atoms with Gasteiger partial charge in [0.05, 0.1) is 0 Å². The van der Waals surface area contributed by atoms with Crippen LogP contribution in [-0.2, 0) is 14.3 Å². The van der Waals surface area contributed by atoms with Crippen molar-refractivity contribution in [1.29, 1.82) is 0 Å². The number of carbonyl (C=O) groups excluding carboxylic acids is 2. The molecule has 0 saturated heterocycles. The van der Waals surface area contributed by atoms with Gasteiger partial charge in [-0.15, -0.1) is 0 Å². The van der Waals surface area contributed by atoms with Gasteiger partial charge in [-0.1, -0.05) is 48.5 Å². The summed E-state index contributed by atoms with van der Waals surface area (Å²) in [6.45, 7) is -0.148. The number of nitrogens with zero attached hydrogens (tertiary/aromatic N) is 1. The van der Waals surface area contributed by atoms with Crippen molar-refractivity contribution < 1.29 is 24.2 Å². The molecule has 0 radical (unpaired) electrons. The number of ether oxygens (including phenoxy) is 1. The van der Waals surface area contributed by atoms with E-state index >= 15 is 0 Å². The van der Waals surface area contributed by atoms with Crippen LogP contribution in [0.4, 0.5) is 4.79 Å². The summed E-state index contributed by atoms with van der Waals surface area (Å²) < 4.78 is 5.41. The maximum absolute atomic E-state index is 12.4. The van der Waals surface area contributed by atoms with Crippen LogP contribution < -0.4 is 5.32 Å². The molecule has 0 bridgehead atoms. The van der Waals surface area contributed by atoms with Gasteiger partial charge in [0.25, 0.3) is 0 Å². The molecule has 0 atom stereocenters. The number of carboxylic acids is 1.